The van der Waals surface area contributed by atoms with Crippen molar-refractivity contribution in [2.75, 3.05) is 5.32 Å². The summed E-state index contributed by atoms with van der Waals surface area (Å²) in [5, 5.41) is 15.6. The van der Waals surface area contributed by atoms with Crippen molar-refractivity contribution in [3.8, 4) is 0 Å². The summed E-state index contributed by atoms with van der Waals surface area (Å²) in [7, 11) is 0. The van der Waals surface area contributed by atoms with Gasteiger partial charge in [0.05, 0.1) is 5.56 Å². The molecule has 0 unspecified atom stereocenters. The van der Waals surface area contributed by atoms with Crippen molar-refractivity contribution in [1.29, 1.82) is 0 Å². The number of hydrogen-bond acceptors (Lipinski definition) is 3. The number of fused-ring (bicyclic) bond motifs is 1. The van der Waals surface area contributed by atoms with Crippen molar-refractivity contribution in [2.45, 2.75) is 57.4 Å². The molecule has 1 fully saturated rings. The molecule has 0 spiro atoms. The van der Waals surface area contributed by atoms with Gasteiger partial charge in [0.25, 0.3) is 0 Å². The number of aryl methyl sites for hydroxylation is 1. The largest absolute Gasteiger partial charge is 0.478 e. The number of nitrogens with one attached hydrogen (secondary N) is 2. The Bertz CT molecular complexity index is 562. The van der Waals surface area contributed by atoms with E-state index in [1.54, 1.807) is 0 Å². The van der Waals surface area contributed by atoms with Crippen molar-refractivity contribution in [1.82, 2.24) is 5.32 Å². The second-order valence-electron chi connectivity index (χ2n) is 5.80. The smallest absolute Gasteiger partial charge is 0.339 e. The summed E-state index contributed by atoms with van der Waals surface area (Å²) in [5.41, 5.74) is 1.21. The number of carbonyl (C=O) groups is 2. The second-order valence-corrected chi connectivity index (χ2v) is 6.91. The zero-order chi connectivity index (χ0) is 14.8. The minimum atomic E-state index is -0.942. The SMILES string of the molecule is O=C(Nc1sc2c(c1C(=O)O)CCC2)NC1CCCCC1. The Hall–Kier alpha value is -1.56. The van der Waals surface area contributed by atoms with Gasteiger partial charge in [-0.3, -0.25) is 5.32 Å². The monoisotopic (exact) mass is 308 g/mol. The van der Waals surface area contributed by atoms with Crippen LogP contribution in [0.5, 0.6) is 0 Å². The zero-order valence-corrected chi connectivity index (χ0v) is 12.7. The summed E-state index contributed by atoms with van der Waals surface area (Å²) in [5.74, 6) is -0.942. The van der Waals surface area contributed by atoms with Crippen LogP contribution in [0.25, 0.3) is 0 Å². The van der Waals surface area contributed by atoms with Gasteiger partial charge in [0.15, 0.2) is 0 Å². The van der Waals surface area contributed by atoms with Crippen molar-refractivity contribution in [2.24, 2.45) is 0 Å². The fourth-order valence-electron chi connectivity index (χ4n) is 3.29. The molecule has 2 aliphatic rings. The molecule has 0 atom stereocenters. The van der Waals surface area contributed by atoms with E-state index in [0.717, 1.165) is 55.4 Å². The van der Waals surface area contributed by atoms with E-state index < -0.39 is 5.97 Å². The van der Waals surface area contributed by atoms with E-state index in [1.165, 1.54) is 17.8 Å². The summed E-state index contributed by atoms with van der Waals surface area (Å²) in [6.45, 7) is 0. The van der Waals surface area contributed by atoms with Gasteiger partial charge in [-0.2, -0.15) is 0 Å². The third kappa shape index (κ3) is 3.05. The molecular formula is C15H20N2O3S. The molecule has 0 aliphatic heterocycles. The Labute approximate surface area is 127 Å². The van der Waals surface area contributed by atoms with Crippen molar-refractivity contribution < 1.29 is 14.7 Å². The predicted octanol–water partition coefficient (Wildman–Crippen LogP) is 3.39. The molecule has 0 aromatic carbocycles. The highest BCUT2D eigenvalue weighted by atomic mass is 32.1. The van der Waals surface area contributed by atoms with Crippen LogP contribution in [0.4, 0.5) is 9.80 Å². The molecular weight excluding hydrogens is 288 g/mol. The number of carboxylic acid groups (broad SMARTS) is 1. The van der Waals surface area contributed by atoms with E-state index in [4.69, 9.17) is 0 Å². The normalized spacial score (nSPS) is 18.3. The molecule has 0 radical (unpaired) electrons. The molecule has 1 aromatic rings. The molecule has 5 nitrogen and oxygen atoms in total. The van der Waals surface area contributed by atoms with Crippen LogP contribution >= 0.6 is 11.3 Å². The predicted molar refractivity (Wildman–Crippen MR) is 82.3 cm³/mol. The third-order valence-corrected chi connectivity index (χ3v) is 5.51. The van der Waals surface area contributed by atoms with Crippen LogP contribution < -0.4 is 10.6 Å². The number of anilines is 1. The fourth-order valence-corrected chi connectivity index (χ4v) is 4.57. The van der Waals surface area contributed by atoms with Crippen molar-refractivity contribution >= 4 is 28.3 Å². The number of aromatic carboxylic acids is 1. The van der Waals surface area contributed by atoms with Gasteiger partial charge in [0.2, 0.25) is 0 Å². The number of amides is 2. The zero-order valence-electron chi connectivity index (χ0n) is 11.9. The standard InChI is InChI=1S/C15H20N2O3S/c18-14(19)12-10-7-4-8-11(10)21-13(12)17-15(20)16-9-5-2-1-3-6-9/h9H,1-8H2,(H,18,19)(H2,16,17,20). The van der Waals surface area contributed by atoms with Crippen LogP contribution in [-0.4, -0.2) is 23.1 Å². The minimum Gasteiger partial charge on any atom is -0.478 e. The van der Waals surface area contributed by atoms with Crippen LogP contribution in [0.15, 0.2) is 0 Å². The fraction of sp³-hybridized carbons (Fsp3) is 0.600. The maximum absolute atomic E-state index is 12.1. The Balaban J connectivity index is 1.69. The molecule has 2 aliphatic carbocycles. The molecule has 1 heterocycles. The van der Waals surface area contributed by atoms with E-state index in [2.05, 4.69) is 10.6 Å². The van der Waals surface area contributed by atoms with E-state index >= 15 is 0 Å². The van der Waals surface area contributed by atoms with E-state index in [0.29, 0.717) is 10.6 Å². The summed E-state index contributed by atoms with van der Waals surface area (Å²) in [6, 6.07) is -0.0526. The van der Waals surface area contributed by atoms with E-state index in [-0.39, 0.29) is 12.1 Å². The molecule has 3 N–H and O–H groups in total. The molecule has 3 rings (SSSR count). The number of rotatable bonds is 3. The lowest BCUT2D eigenvalue weighted by molar-refractivity contribution is 0.0697. The second kappa shape index (κ2) is 6.05. The molecule has 114 valence electrons. The number of hydrogen-bond donors (Lipinski definition) is 3. The highest BCUT2D eigenvalue weighted by Crippen LogP contribution is 2.39. The molecule has 0 bridgehead atoms. The first-order chi connectivity index (χ1) is 10.1. The third-order valence-electron chi connectivity index (χ3n) is 4.30. The van der Waals surface area contributed by atoms with Gasteiger partial charge in [-0.15, -0.1) is 11.3 Å². The maximum atomic E-state index is 12.1. The first kappa shape index (κ1) is 14.4. The van der Waals surface area contributed by atoms with E-state index in [1.807, 2.05) is 0 Å². The quantitative estimate of drug-likeness (QED) is 0.801. The van der Waals surface area contributed by atoms with Gasteiger partial charge in [-0.1, -0.05) is 19.3 Å². The molecule has 0 saturated heterocycles. The lowest BCUT2D eigenvalue weighted by Crippen LogP contribution is -2.39. The summed E-state index contributed by atoms with van der Waals surface area (Å²) in [6.07, 6.45) is 8.31. The average molecular weight is 308 g/mol. The minimum absolute atomic E-state index is 0.221. The van der Waals surface area contributed by atoms with Gasteiger partial charge < -0.3 is 10.4 Å². The van der Waals surface area contributed by atoms with Crippen LogP contribution in [0.2, 0.25) is 0 Å². The lowest BCUT2D eigenvalue weighted by atomic mass is 9.96. The highest BCUT2D eigenvalue weighted by Gasteiger charge is 2.27. The van der Waals surface area contributed by atoms with Crippen LogP contribution in [0.1, 0.15) is 59.3 Å². The maximum Gasteiger partial charge on any atom is 0.339 e. The van der Waals surface area contributed by atoms with Gasteiger partial charge in [-0.05, 0) is 37.7 Å². The highest BCUT2D eigenvalue weighted by molar-refractivity contribution is 7.17. The van der Waals surface area contributed by atoms with Gasteiger partial charge in [0, 0.05) is 10.9 Å². The Morgan fingerprint density at radius 1 is 1.10 bits per heavy atom. The first-order valence-corrected chi connectivity index (χ1v) is 8.42. The Morgan fingerprint density at radius 3 is 2.57 bits per heavy atom. The number of urea groups is 1. The molecule has 6 heteroatoms. The van der Waals surface area contributed by atoms with Gasteiger partial charge in [-0.25, -0.2) is 9.59 Å². The summed E-state index contributed by atoms with van der Waals surface area (Å²) < 4.78 is 0. The molecule has 1 aromatic heterocycles. The number of carboxylic acids is 1. The van der Waals surface area contributed by atoms with Crippen LogP contribution in [0.3, 0.4) is 0 Å². The number of thiophene rings is 1. The van der Waals surface area contributed by atoms with Crippen molar-refractivity contribution in [3.05, 3.63) is 16.0 Å². The topological polar surface area (TPSA) is 78.4 Å². The molecule has 21 heavy (non-hydrogen) atoms. The molecule has 1 saturated carbocycles. The Morgan fingerprint density at radius 2 is 1.86 bits per heavy atom. The van der Waals surface area contributed by atoms with Gasteiger partial charge in [0.1, 0.15) is 5.00 Å². The summed E-state index contributed by atoms with van der Waals surface area (Å²) in [4.78, 5) is 24.6. The van der Waals surface area contributed by atoms with E-state index in [9.17, 15) is 14.7 Å². The van der Waals surface area contributed by atoms with Gasteiger partial charge >= 0.3 is 12.0 Å². The van der Waals surface area contributed by atoms with Crippen molar-refractivity contribution in [3.63, 3.8) is 0 Å². The van der Waals surface area contributed by atoms with Crippen LogP contribution in [0, 0.1) is 0 Å². The molecule has 2 amide bonds. The Kier molecular flexibility index (Phi) is 4.14. The average Bonchev–Trinajstić information content (AvgIpc) is 2.99. The summed E-state index contributed by atoms with van der Waals surface area (Å²) >= 11 is 1.41. The first-order valence-electron chi connectivity index (χ1n) is 7.60. The number of carbonyl (C=O) groups excluding carboxylic acids is 1. The lowest BCUT2D eigenvalue weighted by Gasteiger charge is -2.22. The van der Waals surface area contributed by atoms with Crippen LogP contribution in [-0.2, 0) is 12.8 Å².